The molecule has 3 rings (SSSR count). The summed E-state index contributed by atoms with van der Waals surface area (Å²) in [4.78, 5) is 59.4. The van der Waals surface area contributed by atoms with Crippen molar-refractivity contribution in [3.05, 3.63) is 33.3 Å². The number of esters is 1. The van der Waals surface area contributed by atoms with E-state index in [-0.39, 0.29) is 35.9 Å². The zero-order chi connectivity index (χ0) is 22.2. The lowest BCUT2D eigenvalue weighted by molar-refractivity contribution is -0.385. The SMILES string of the molecule is CCn1ncc([N+](=O)[O-])c1C(=O)N[C@@H]1C(=O)N2C(C(=O)O)=C(COC(C)=O)CS[C@@H]12. The molecule has 2 amide bonds. The third-order valence-electron chi connectivity index (χ3n) is 4.52. The van der Waals surface area contributed by atoms with Crippen molar-refractivity contribution in [2.24, 2.45) is 0 Å². The van der Waals surface area contributed by atoms with E-state index in [0.29, 0.717) is 0 Å². The van der Waals surface area contributed by atoms with Gasteiger partial charge in [0, 0.05) is 24.8 Å². The average molecular weight is 439 g/mol. The topological polar surface area (TPSA) is 174 Å². The summed E-state index contributed by atoms with van der Waals surface area (Å²) in [5.41, 5.74) is -0.819. The van der Waals surface area contributed by atoms with Crippen LogP contribution < -0.4 is 5.32 Å². The van der Waals surface area contributed by atoms with Crippen LogP contribution in [0, 0.1) is 10.1 Å². The van der Waals surface area contributed by atoms with Crippen LogP contribution in [-0.4, -0.2) is 72.2 Å². The van der Waals surface area contributed by atoms with Gasteiger partial charge in [-0.2, -0.15) is 5.10 Å². The highest BCUT2D eigenvalue weighted by Gasteiger charge is 2.54. The van der Waals surface area contributed by atoms with Crippen molar-refractivity contribution >= 4 is 41.2 Å². The van der Waals surface area contributed by atoms with Gasteiger partial charge in [-0.15, -0.1) is 11.8 Å². The number of amides is 2. The number of hydrogen-bond acceptors (Lipinski definition) is 9. The second kappa shape index (κ2) is 8.14. The third-order valence-corrected chi connectivity index (χ3v) is 5.86. The first kappa shape index (κ1) is 21.3. The molecule has 13 nitrogen and oxygen atoms in total. The molecule has 160 valence electrons. The Balaban J connectivity index is 1.81. The number of aliphatic carboxylic acids is 1. The molecule has 0 aromatic carbocycles. The fourth-order valence-corrected chi connectivity index (χ4v) is 4.50. The van der Waals surface area contributed by atoms with E-state index in [1.165, 1.54) is 18.7 Å². The van der Waals surface area contributed by atoms with E-state index in [9.17, 15) is 34.4 Å². The number of rotatable bonds is 7. The number of carbonyl (C=O) groups is 4. The first-order valence-electron chi connectivity index (χ1n) is 8.71. The van der Waals surface area contributed by atoms with Gasteiger partial charge in [0.2, 0.25) is 5.69 Å². The van der Waals surface area contributed by atoms with Gasteiger partial charge in [0.05, 0.1) is 4.92 Å². The zero-order valence-corrected chi connectivity index (χ0v) is 16.7. The molecule has 0 saturated carbocycles. The smallest absolute Gasteiger partial charge is 0.352 e. The number of carboxylic acid groups (broad SMARTS) is 1. The maximum atomic E-state index is 12.6. The number of nitrogens with zero attached hydrogens (tertiary/aromatic N) is 4. The molecule has 2 aliphatic rings. The summed E-state index contributed by atoms with van der Waals surface area (Å²) < 4.78 is 5.99. The number of thioether (sulfide) groups is 1. The van der Waals surface area contributed by atoms with E-state index >= 15 is 0 Å². The van der Waals surface area contributed by atoms with Gasteiger partial charge in [0.25, 0.3) is 11.8 Å². The van der Waals surface area contributed by atoms with Crippen LogP contribution >= 0.6 is 11.8 Å². The van der Waals surface area contributed by atoms with E-state index in [0.717, 1.165) is 15.8 Å². The minimum absolute atomic E-state index is 0.169. The van der Waals surface area contributed by atoms with Gasteiger partial charge < -0.3 is 15.2 Å². The summed E-state index contributed by atoms with van der Waals surface area (Å²) in [7, 11) is 0. The Morgan fingerprint density at radius 3 is 2.73 bits per heavy atom. The maximum absolute atomic E-state index is 12.6. The van der Waals surface area contributed by atoms with Crippen molar-refractivity contribution in [2.75, 3.05) is 12.4 Å². The van der Waals surface area contributed by atoms with Gasteiger partial charge in [0.1, 0.15) is 29.9 Å². The molecule has 2 aliphatic heterocycles. The molecule has 2 N–H and O–H groups in total. The Labute approximate surface area is 173 Å². The molecule has 0 radical (unpaired) electrons. The van der Waals surface area contributed by atoms with Gasteiger partial charge in [-0.25, -0.2) is 4.79 Å². The molecule has 3 heterocycles. The lowest BCUT2D eigenvalue weighted by Crippen LogP contribution is -2.70. The van der Waals surface area contributed by atoms with Gasteiger partial charge in [-0.3, -0.25) is 34.1 Å². The second-order valence-electron chi connectivity index (χ2n) is 6.35. The first-order chi connectivity index (χ1) is 14.2. The molecular weight excluding hydrogens is 422 g/mol. The number of nitrogens with one attached hydrogen (secondary N) is 1. The Bertz CT molecular complexity index is 986. The van der Waals surface area contributed by atoms with E-state index in [2.05, 4.69) is 10.4 Å². The van der Waals surface area contributed by atoms with Crippen molar-refractivity contribution in [2.45, 2.75) is 31.8 Å². The van der Waals surface area contributed by atoms with E-state index in [4.69, 9.17) is 4.74 Å². The second-order valence-corrected chi connectivity index (χ2v) is 7.45. The fraction of sp³-hybridized carbons (Fsp3) is 0.438. The highest BCUT2D eigenvalue weighted by atomic mass is 32.2. The summed E-state index contributed by atoms with van der Waals surface area (Å²) in [6, 6.07) is -1.06. The summed E-state index contributed by atoms with van der Waals surface area (Å²) in [6.07, 6.45) is 0.954. The Morgan fingerprint density at radius 1 is 1.47 bits per heavy atom. The third kappa shape index (κ3) is 3.60. The van der Waals surface area contributed by atoms with Gasteiger partial charge >= 0.3 is 17.6 Å². The van der Waals surface area contributed by atoms with Crippen molar-refractivity contribution < 1.29 is 33.9 Å². The first-order valence-corrected chi connectivity index (χ1v) is 9.76. The molecule has 2 atom stereocenters. The van der Waals surface area contributed by atoms with Crippen molar-refractivity contribution in [3.8, 4) is 0 Å². The summed E-state index contributed by atoms with van der Waals surface area (Å²) in [5, 5.41) is 26.2. The molecule has 1 saturated heterocycles. The van der Waals surface area contributed by atoms with Gasteiger partial charge in [0.15, 0.2) is 0 Å². The number of β-lactam (4-membered cyclic amide) rings is 1. The average Bonchev–Trinajstić information content (AvgIpc) is 3.13. The van der Waals surface area contributed by atoms with Crippen LogP contribution in [0.2, 0.25) is 0 Å². The quantitative estimate of drug-likeness (QED) is 0.249. The highest BCUT2D eigenvalue weighted by Crippen LogP contribution is 2.40. The molecule has 14 heteroatoms. The number of hydrogen-bond donors (Lipinski definition) is 2. The number of aromatic nitrogens is 2. The van der Waals surface area contributed by atoms with Gasteiger partial charge in [-0.1, -0.05) is 0 Å². The Kier molecular flexibility index (Phi) is 5.78. The Hall–Kier alpha value is -3.42. The predicted molar refractivity (Wildman–Crippen MR) is 100 cm³/mol. The van der Waals surface area contributed by atoms with Crippen LogP contribution in [-0.2, 0) is 25.7 Å². The predicted octanol–water partition coefficient (Wildman–Crippen LogP) is -0.273. The van der Waals surface area contributed by atoms with Crippen molar-refractivity contribution in [1.29, 1.82) is 0 Å². The van der Waals surface area contributed by atoms with Gasteiger partial charge in [-0.05, 0) is 6.92 Å². The molecule has 0 unspecified atom stereocenters. The number of fused-ring (bicyclic) bond motifs is 1. The van der Waals surface area contributed by atoms with E-state index < -0.39 is 45.8 Å². The molecule has 1 aromatic rings. The minimum Gasteiger partial charge on any atom is -0.477 e. The fourth-order valence-electron chi connectivity index (χ4n) is 3.18. The standard InChI is InChI=1S/C16H17N5O8S/c1-3-19-12(9(4-17-19)21(27)28)13(23)18-10-14(24)20-11(16(25)26)8(5-29-7(2)22)6-30-15(10)20/h4,10,15H,3,5-6H2,1-2H3,(H,18,23)(H,25,26)/t10-,15+/m1/s1. The molecule has 0 bridgehead atoms. The normalized spacial score (nSPS) is 20.3. The molecule has 1 aromatic heterocycles. The molecule has 0 spiro atoms. The largest absolute Gasteiger partial charge is 0.477 e. The van der Waals surface area contributed by atoms with Crippen LogP contribution in [0.1, 0.15) is 24.3 Å². The molecule has 30 heavy (non-hydrogen) atoms. The summed E-state index contributed by atoms with van der Waals surface area (Å²) in [6.45, 7) is 2.76. The van der Waals surface area contributed by atoms with Crippen LogP contribution in [0.3, 0.4) is 0 Å². The molecule has 1 fully saturated rings. The number of ether oxygens (including phenoxy) is 1. The number of aryl methyl sites for hydroxylation is 1. The van der Waals surface area contributed by atoms with E-state index in [1.807, 2.05) is 0 Å². The highest BCUT2D eigenvalue weighted by molar-refractivity contribution is 8.00. The zero-order valence-electron chi connectivity index (χ0n) is 15.9. The van der Waals surface area contributed by atoms with E-state index in [1.54, 1.807) is 6.92 Å². The molecule has 0 aliphatic carbocycles. The lowest BCUT2D eigenvalue weighted by Gasteiger charge is -2.49. The van der Waals surface area contributed by atoms with Crippen LogP contribution in [0.15, 0.2) is 17.5 Å². The van der Waals surface area contributed by atoms with Crippen LogP contribution in [0.4, 0.5) is 5.69 Å². The van der Waals surface area contributed by atoms with Crippen LogP contribution in [0.25, 0.3) is 0 Å². The summed E-state index contributed by atoms with van der Waals surface area (Å²) in [5.74, 6) is -3.31. The Morgan fingerprint density at radius 2 is 2.17 bits per heavy atom. The monoisotopic (exact) mass is 439 g/mol. The number of nitro groups is 1. The lowest BCUT2D eigenvalue weighted by atomic mass is 10.0. The number of carbonyl (C=O) groups excluding carboxylic acids is 3. The maximum Gasteiger partial charge on any atom is 0.352 e. The van der Waals surface area contributed by atoms with Crippen molar-refractivity contribution in [1.82, 2.24) is 20.0 Å². The summed E-state index contributed by atoms with van der Waals surface area (Å²) >= 11 is 1.19. The van der Waals surface area contributed by atoms with Crippen LogP contribution in [0.5, 0.6) is 0 Å². The number of carboxylic acids is 1. The minimum atomic E-state index is -1.36. The van der Waals surface area contributed by atoms with Crippen molar-refractivity contribution in [3.63, 3.8) is 0 Å². The molecular formula is C16H17N5O8S.